The molecule has 0 aromatic heterocycles. The lowest BCUT2D eigenvalue weighted by Gasteiger charge is -2.44. The Bertz CT molecular complexity index is 210. The molecule has 0 spiro atoms. The zero-order valence-corrected chi connectivity index (χ0v) is 7.74. The van der Waals surface area contributed by atoms with Gasteiger partial charge in [-0.25, -0.2) is 0 Å². The molecule has 1 saturated carbocycles. The molecule has 1 aliphatic carbocycles. The van der Waals surface area contributed by atoms with Gasteiger partial charge in [0.1, 0.15) is 0 Å². The van der Waals surface area contributed by atoms with E-state index in [9.17, 15) is 4.79 Å². The fourth-order valence-electron chi connectivity index (χ4n) is 1.75. The van der Waals surface area contributed by atoms with Gasteiger partial charge in [0.25, 0.3) is 0 Å². The maximum absolute atomic E-state index is 11.0. The van der Waals surface area contributed by atoms with Crippen molar-refractivity contribution in [3.05, 3.63) is 12.2 Å². The molecule has 1 nitrogen and oxygen atoms in total. The Morgan fingerprint density at radius 3 is 2.36 bits per heavy atom. The van der Waals surface area contributed by atoms with Crippen molar-refractivity contribution in [2.24, 2.45) is 11.3 Å². The van der Waals surface area contributed by atoms with Crippen LogP contribution in [0.1, 0.15) is 26.7 Å². The Balaban J connectivity index is 2.75. The summed E-state index contributed by atoms with van der Waals surface area (Å²) >= 11 is 5.48. The Hall–Kier alpha value is -0.300. The highest BCUT2D eigenvalue weighted by Gasteiger charge is 2.47. The van der Waals surface area contributed by atoms with E-state index in [1.807, 2.05) is 13.8 Å². The minimum Gasteiger partial charge on any atom is -0.281 e. The first kappa shape index (κ1) is 8.79. The predicted molar refractivity (Wildman–Crippen MR) is 46.5 cm³/mol. The number of rotatable bonds is 2. The largest absolute Gasteiger partial charge is 0.281 e. The van der Waals surface area contributed by atoms with E-state index in [4.69, 9.17) is 11.6 Å². The fraction of sp³-hybridized carbons (Fsp3) is 0.667. The van der Waals surface area contributed by atoms with E-state index in [1.54, 1.807) is 0 Å². The molecule has 2 atom stereocenters. The topological polar surface area (TPSA) is 17.1 Å². The van der Waals surface area contributed by atoms with Crippen LogP contribution in [0.2, 0.25) is 0 Å². The SMILES string of the molecule is C=C(C)[C@H]1CC[C@@]1(C)C(=O)Cl. The van der Waals surface area contributed by atoms with Crippen LogP contribution in [0.15, 0.2) is 12.2 Å². The van der Waals surface area contributed by atoms with E-state index in [2.05, 4.69) is 6.58 Å². The number of hydrogen-bond donors (Lipinski definition) is 0. The molecule has 0 N–H and O–H groups in total. The summed E-state index contributed by atoms with van der Waals surface area (Å²) in [5, 5.41) is -0.211. The van der Waals surface area contributed by atoms with E-state index < -0.39 is 0 Å². The zero-order chi connectivity index (χ0) is 8.65. The summed E-state index contributed by atoms with van der Waals surface area (Å²) in [6.07, 6.45) is 1.97. The van der Waals surface area contributed by atoms with Crippen LogP contribution in [-0.2, 0) is 4.79 Å². The van der Waals surface area contributed by atoms with Crippen molar-refractivity contribution in [1.82, 2.24) is 0 Å². The standard InChI is InChI=1S/C9H13ClO/c1-6(2)7-4-5-9(7,3)8(10)11/h7H,1,4-5H2,2-3H3/t7-,9-/m1/s1. The molecule has 0 aromatic carbocycles. The molecule has 1 aliphatic rings. The Morgan fingerprint density at radius 2 is 2.27 bits per heavy atom. The summed E-state index contributed by atoms with van der Waals surface area (Å²) in [7, 11) is 0. The molecule has 62 valence electrons. The summed E-state index contributed by atoms with van der Waals surface area (Å²) in [6, 6.07) is 0. The summed E-state index contributed by atoms with van der Waals surface area (Å²) in [5.74, 6) is 0.312. The molecular formula is C9H13ClO. The van der Waals surface area contributed by atoms with Crippen LogP contribution in [0, 0.1) is 11.3 Å². The van der Waals surface area contributed by atoms with Gasteiger partial charge in [-0.2, -0.15) is 0 Å². The molecule has 2 heteroatoms. The molecule has 11 heavy (non-hydrogen) atoms. The summed E-state index contributed by atoms with van der Waals surface area (Å²) in [6.45, 7) is 7.73. The maximum atomic E-state index is 11.0. The van der Waals surface area contributed by atoms with E-state index in [-0.39, 0.29) is 10.7 Å². The molecule has 0 unspecified atom stereocenters. The average Bonchev–Trinajstić information content (AvgIpc) is 1.82. The average molecular weight is 173 g/mol. The van der Waals surface area contributed by atoms with Gasteiger partial charge in [-0.3, -0.25) is 4.79 Å². The molecular weight excluding hydrogens is 160 g/mol. The number of carbonyl (C=O) groups is 1. The molecule has 0 amide bonds. The third-order valence-electron chi connectivity index (χ3n) is 2.77. The Kier molecular flexibility index (Phi) is 2.10. The van der Waals surface area contributed by atoms with Crippen LogP contribution in [0.25, 0.3) is 0 Å². The lowest BCUT2D eigenvalue weighted by Crippen LogP contribution is -2.42. The van der Waals surface area contributed by atoms with Gasteiger partial charge in [-0.1, -0.05) is 19.1 Å². The third-order valence-corrected chi connectivity index (χ3v) is 3.20. The van der Waals surface area contributed by atoms with Gasteiger partial charge in [-0.05, 0) is 37.3 Å². The van der Waals surface area contributed by atoms with Crippen molar-refractivity contribution in [2.75, 3.05) is 0 Å². The van der Waals surface area contributed by atoms with Crippen LogP contribution in [-0.4, -0.2) is 5.24 Å². The van der Waals surface area contributed by atoms with E-state index in [0.29, 0.717) is 5.92 Å². The van der Waals surface area contributed by atoms with E-state index in [0.717, 1.165) is 18.4 Å². The van der Waals surface area contributed by atoms with Crippen molar-refractivity contribution >= 4 is 16.8 Å². The van der Waals surface area contributed by atoms with Crippen molar-refractivity contribution < 1.29 is 4.79 Å². The van der Waals surface area contributed by atoms with Gasteiger partial charge in [0.2, 0.25) is 5.24 Å². The van der Waals surface area contributed by atoms with E-state index >= 15 is 0 Å². The van der Waals surface area contributed by atoms with Crippen LogP contribution < -0.4 is 0 Å². The van der Waals surface area contributed by atoms with Gasteiger partial charge in [0.05, 0.1) is 0 Å². The second-order valence-electron chi connectivity index (χ2n) is 3.63. The Labute approximate surface area is 72.4 Å². The lowest BCUT2D eigenvalue weighted by atomic mass is 9.60. The molecule has 0 aromatic rings. The molecule has 0 heterocycles. The first-order valence-corrected chi connectivity index (χ1v) is 4.21. The fourth-order valence-corrected chi connectivity index (χ4v) is 1.97. The molecule has 1 fully saturated rings. The van der Waals surface area contributed by atoms with Crippen LogP contribution in [0.5, 0.6) is 0 Å². The van der Waals surface area contributed by atoms with Gasteiger partial charge >= 0.3 is 0 Å². The minimum atomic E-state index is -0.312. The van der Waals surface area contributed by atoms with Crippen LogP contribution in [0.3, 0.4) is 0 Å². The second kappa shape index (κ2) is 2.63. The smallest absolute Gasteiger partial charge is 0.228 e. The molecule has 0 radical (unpaired) electrons. The third kappa shape index (κ3) is 1.22. The van der Waals surface area contributed by atoms with Crippen molar-refractivity contribution in [3.8, 4) is 0 Å². The second-order valence-corrected chi connectivity index (χ2v) is 3.97. The summed E-state index contributed by atoms with van der Waals surface area (Å²) in [4.78, 5) is 11.0. The highest BCUT2D eigenvalue weighted by molar-refractivity contribution is 6.64. The van der Waals surface area contributed by atoms with Crippen molar-refractivity contribution in [1.29, 1.82) is 0 Å². The van der Waals surface area contributed by atoms with Gasteiger partial charge < -0.3 is 0 Å². The summed E-state index contributed by atoms with van der Waals surface area (Å²) in [5.41, 5.74) is 0.765. The lowest BCUT2D eigenvalue weighted by molar-refractivity contribution is -0.127. The molecule has 1 rings (SSSR count). The summed E-state index contributed by atoms with van der Waals surface area (Å²) < 4.78 is 0. The van der Waals surface area contributed by atoms with Gasteiger partial charge in [0, 0.05) is 5.41 Å². The predicted octanol–water partition coefficient (Wildman–Crippen LogP) is 2.74. The first-order valence-electron chi connectivity index (χ1n) is 3.84. The van der Waals surface area contributed by atoms with E-state index in [1.165, 1.54) is 0 Å². The highest BCUT2D eigenvalue weighted by Crippen LogP contribution is 2.50. The maximum Gasteiger partial charge on any atom is 0.228 e. The normalized spacial score (nSPS) is 36.1. The first-order chi connectivity index (χ1) is 4.98. The molecule has 0 bridgehead atoms. The number of hydrogen-bond acceptors (Lipinski definition) is 1. The number of carbonyl (C=O) groups excluding carboxylic acids is 1. The van der Waals surface area contributed by atoms with Crippen LogP contribution >= 0.6 is 11.6 Å². The van der Waals surface area contributed by atoms with Crippen molar-refractivity contribution in [2.45, 2.75) is 26.7 Å². The number of allylic oxidation sites excluding steroid dienone is 1. The van der Waals surface area contributed by atoms with Gasteiger partial charge in [0.15, 0.2) is 0 Å². The molecule has 0 saturated heterocycles. The van der Waals surface area contributed by atoms with Crippen LogP contribution in [0.4, 0.5) is 0 Å². The quantitative estimate of drug-likeness (QED) is 0.463. The van der Waals surface area contributed by atoms with Gasteiger partial charge in [-0.15, -0.1) is 0 Å². The minimum absolute atomic E-state index is 0.211. The Morgan fingerprint density at radius 1 is 1.73 bits per heavy atom. The van der Waals surface area contributed by atoms with Crippen molar-refractivity contribution in [3.63, 3.8) is 0 Å². The number of halogens is 1. The monoisotopic (exact) mass is 172 g/mol. The molecule has 0 aliphatic heterocycles. The highest BCUT2D eigenvalue weighted by atomic mass is 35.5. The zero-order valence-electron chi connectivity index (χ0n) is 6.98.